The Balaban J connectivity index is 1.11. The van der Waals surface area contributed by atoms with E-state index in [0.717, 1.165) is 71.4 Å². The van der Waals surface area contributed by atoms with E-state index < -0.39 is 18.1 Å². The molecule has 0 aliphatic carbocycles. The summed E-state index contributed by atoms with van der Waals surface area (Å²) in [7, 11) is 0. The predicted molar refractivity (Wildman–Crippen MR) is 250 cm³/mol. The largest absolute Gasteiger partial charge is 0.208 e. The van der Waals surface area contributed by atoms with Crippen LogP contribution in [0.3, 0.4) is 0 Å². The minimum Gasteiger partial charge on any atom is -0.208 e. The van der Waals surface area contributed by atoms with Gasteiger partial charge in [-0.15, -0.1) is 0 Å². The van der Waals surface area contributed by atoms with Crippen molar-refractivity contribution in [3.05, 3.63) is 224 Å². The summed E-state index contributed by atoms with van der Waals surface area (Å²) >= 11 is 0. The molecule has 1 aromatic heterocycles. The highest BCUT2D eigenvalue weighted by molar-refractivity contribution is 6.05. The Hall–Kier alpha value is -8.01. The van der Waals surface area contributed by atoms with E-state index in [1.807, 2.05) is 78.9 Å². The van der Waals surface area contributed by atoms with Crippen LogP contribution in [0.15, 0.2) is 224 Å². The van der Waals surface area contributed by atoms with Crippen LogP contribution in [-0.2, 0) is 0 Å². The zero-order chi connectivity index (χ0) is 44.2. The molecule has 0 radical (unpaired) electrons. The molecule has 60 heavy (non-hydrogen) atoms. The molecule has 0 aliphatic heterocycles. The third-order valence-electron chi connectivity index (χ3n) is 11.2. The molecule has 0 N–H and O–H groups in total. The van der Waals surface area contributed by atoms with Crippen molar-refractivity contribution < 1.29 is 6.85 Å². The smallest absolute Gasteiger partial charge is 0.164 e. The van der Waals surface area contributed by atoms with Crippen LogP contribution in [0.4, 0.5) is 0 Å². The first kappa shape index (κ1) is 30.1. The predicted octanol–water partition coefficient (Wildman–Crippen LogP) is 15.0. The van der Waals surface area contributed by atoms with Gasteiger partial charge in [0, 0.05) is 16.7 Å². The monoisotopic (exact) mass is 768 g/mol. The number of aromatic nitrogens is 3. The maximum atomic E-state index is 8.93. The third kappa shape index (κ3) is 6.58. The van der Waals surface area contributed by atoms with Crippen molar-refractivity contribution in [3.63, 3.8) is 0 Å². The van der Waals surface area contributed by atoms with Crippen molar-refractivity contribution in [1.82, 2.24) is 15.0 Å². The van der Waals surface area contributed by atoms with E-state index in [1.54, 1.807) is 0 Å². The van der Waals surface area contributed by atoms with E-state index >= 15 is 0 Å². The fraction of sp³-hybridized carbons (Fsp3) is 0. The topological polar surface area (TPSA) is 38.7 Å². The number of fused-ring (bicyclic) bond motifs is 3. The molecule has 0 fully saturated rings. The molecule has 0 bridgehead atoms. The quantitative estimate of drug-likeness (QED) is 0.162. The number of nitrogens with zero attached hydrogens (tertiary/aromatic N) is 3. The van der Waals surface area contributed by atoms with Crippen LogP contribution in [0, 0.1) is 0 Å². The second-order valence-electron chi connectivity index (χ2n) is 14.8. The van der Waals surface area contributed by atoms with Crippen LogP contribution in [-0.4, -0.2) is 15.0 Å². The van der Waals surface area contributed by atoms with Gasteiger partial charge in [0.15, 0.2) is 17.5 Å². The summed E-state index contributed by atoms with van der Waals surface area (Å²) in [5.41, 5.74) is 9.29. The normalized spacial score (nSPS) is 12.5. The molecule has 1 heterocycles. The third-order valence-corrected chi connectivity index (χ3v) is 11.2. The highest BCUT2D eigenvalue weighted by Crippen LogP contribution is 2.38. The highest BCUT2D eigenvalue weighted by atomic mass is 15.0. The molecule has 0 amide bonds. The Morgan fingerprint density at radius 3 is 1.48 bits per heavy atom. The summed E-state index contributed by atoms with van der Waals surface area (Å²) in [6.45, 7) is 0. The van der Waals surface area contributed by atoms with Crippen LogP contribution in [0.1, 0.15) is 6.85 Å². The first-order valence-electron chi connectivity index (χ1n) is 22.4. The standard InChI is InChI=1S/C57H37N3/c1-3-16-39(17-4-1)50-31-32-51(53-28-12-11-27-52(50)53)45-23-14-25-47(35-45)56-58-55(46-24-13-22-42(34-46)43-30-29-38-15-7-8-20-41(38)33-43)59-57(60-56)48-36-44-21-9-10-26-49(44)54(37-48)40-18-5-2-6-19-40/h1-37H/i2D,5D,6D,18D,19D. The molecule has 0 saturated carbocycles. The number of benzene rings is 10. The average Bonchev–Trinajstić information content (AvgIpc) is 3.37. The van der Waals surface area contributed by atoms with Gasteiger partial charge in [-0.3, -0.25) is 0 Å². The number of rotatable bonds is 7. The molecule has 0 atom stereocenters. The molecule has 11 rings (SSSR count). The lowest BCUT2D eigenvalue weighted by molar-refractivity contribution is 1.07. The second kappa shape index (κ2) is 15.1. The van der Waals surface area contributed by atoms with E-state index in [9.17, 15) is 0 Å². The lowest BCUT2D eigenvalue weighted by Gasteiger charge is -2.14. The maximum absolute atomic E-state index is 8.93. The minimum atomic E-state index is -0.441. The van der Waals surface area contributed by atoms with Gasteiger partial charge >= 0.3 is 0 Å². The Kier molecular flexibility index (Phi) is 7.56. The van der Waals surface area contributed by atoms with E-state index in [1.165, 1.54) is 5.39 Å². The van der Waals surface area contributed by atoms with Gasteiger partial charge in [0.2, 0.25) is 0 Å². The molecule has 3 nitrogen and oxygen atoms in total. The highest BCUT2D eigenvalue weighted by Gasteiger charge is 2.17. The van der Waals surface area contributed by atoms with Crippen LogP contribution >= 0.6 is 0 Å². The lowest BCUT2D eigenvalue weighted by atomic mass is 9.91. The number of hydrogen-bond donors (Lipinski definition) is 0. The van der Waals surface area contributed by atoms with Crippen molar-refractivity contribution in [1.29, 1.82) is 0 Å². The van der Waals surface area contributed by atoms with Gasteiger partial charge in [-0.1, -0.05) is 194 Å². The Morgan fingerprint density at radius 1 is 0.267 bits per heavy atom. The fourth-order valence-corrected chi connectivity index (χ4v) is 8.25. The summed E-state index contributed by atoms with van der Waals surface area (Å²) < 4.78 is 43.2. The minimum absolute atomic E-state index is 0.116. The van der Waals surface area contributed by atoms with Crippen LogP contribution in [0.25, 0.3) is 111 Å². The van der Waals surface area contributed by atoms with Crippen molar-refractivity contribution >= 4 is 32.3 Å². The first-order chi connectivity index (χ1) is 31.8. The summed E-state index contributed by atoms with van der Waals surface area (Å²) in [5.74, 6) is 1.31. The Bertz CT molecular complexity index is 3650. The van der Waals surface area contributed by atoms with Crippen molar-refractivity contribution in [2.45, 2.75) is 0 Å². The van der Waals surface area contributed by atoms with Crippen LogP contribution < -0.4 is 0 Å². The molecule has 0 saturated heterocycles. The molecule has 0 aliphatic rings. The SMILES string of the molecule is [2H]c1c([2H])c([2H])c(-c2cc(-c3nc(-c4cccc(-c5ccc6ccccc6c5)c4)nc(-c4cccc(-c5ccc(-c6ccccc6)c6ccccc56)c4)n3)cc3ccccc23)c([2H])c1[2H]. The summed E-state index contributed by atoms with van der Waals surface area (Å²) in [6, 6.07) is 64.2. The first-order valence-corrected chi connectivity index (χ1v) is 19.9. The second-order valence-corrected chi connectivity index (χ2v) is 14.8. The summed E-state index contributed by atoms with van der Waals surface area (Å²) in [6.07, 6.45) is 0. The van der Waals surface area contributed by atoms with E-state index in [2.05, 4.69) is 115 Å². The zero-order valence-corrected chi connectivity index (χ0v) is 32.3. The van der Waals surface area contributed by atoms with Gasteiger partial charge in [-0.05, 0) is 107 Å². The van der Waals surface area contributed by atoms with Crippen LogP contribution in [0.2, 0.25) is 0 Å². The van der Waals surface area contributed by atoms with Crippen LogP contribution in [0.5, 0.6) is 0 Å². The maximum Gasteiger partial charge on any atom is 0.164 e. The lowest BCUT2D eigenvalue weighted by Crippen LogP contribution is -2.01. The molecule has 3 heteroatoms. The molecule has 0 spiro atoms. The van der Waals surface area contributed by atoms with Gasteiger partial charge in [0.1, 0.15) is 0 Å². The van der Waals surface area contributed by atoms with E-state index in [0.29, 0.717) is 28.6 Å². The van der Waals surface area contributed by atoms with Gasteiger partial charge in [0.05, 0.1) is 6.85 Å². The molecule has 11 aromatic rings. The van der Waals surface area contributed by atoms with Gasteiger partial charge in [0.25, 0.3) is 0 Å². The van der Waals surface area contributed by atoms with Gasteiger partial charge in [-0.25, -0.2) is 15.0 Å². The average molecular weight is 769 g/mol. The van der Waals surface area contributed by atoms with Gasteiger partial charge < -0.3 is 0 Å². The van der Waals surface area contributed by atoms with E-state index in [-0.39, 0.29) is 17.6 Å². The molecular weight excluding hydrogens is 727 g/mol. The fourth-order valence-electron chi connectivity index (χ4n) is 8.25. The zero-order valence-electron chi connectivity index (χ0n) is 37.3. The van der Waals surface area contributed by atoms with Gasteiger partial charge in [-0.2, -0.15) is 0 Å². The van der Waals surface area contributed by atoms with E-state index in [4.69, 9.17) is 21.8 Å². The Labute approximate surface area is 356 Å². The van der Waals surface area contributed by atoms with Crippen molar-refractivity contribution in [2.24, 2.45) is 0 Å². The Morgan fingerprint density at radius 2 is 0.767 bits per heavy atom. The van der Waals surface area contributed by atoms with Crippen molar-refractivity contribution in [3.8, 4) is 78.7 Å². The molecule has 10 aromatic carbocycles. The molecule has 280 valence electrons. The summed E-state index contributed by atoms with van der Waals surface area (Å²) in [4.78, 5) is 15.5. The number of hydrogen-bond acceptors (Lipinski definition) is 3. The summed E-state index contributed by atoms with van der Waals surface area (Å²) in [5, 5.41) is 6.15. The van der Waals surface area contributed by atoms with Crippen molar-refractivity contribution in [2.75, 3.05) is 0 Å². The molecular formula is C57H37N3. The molecule has 0 unspecified atom stereocenters.